The summed E-state index contributed by atoms with van der Waals surface area (Å²) in [5.41, 5.74) is 0.346. The lowest BCUT2D eigenvalue weighted by molar-refractivity contribution is 0.0936. The number of amides is 1. The monoisotopic (exact) mass is 390 g/mol. The summed E-state index contributed by atoms with van der Waals surface area (Å²) in [7, 11) is -3.57. The number of aromatic nitrogens is 2. The third-order valence-corrected chi connectivity index (χ3v) is 6.59. The fourth-order valence-electron chi connectivity index (χ4n) is 3.27. The number of rotatable bonds is 6. The van der Waals surface area contributed by atoms with Crippen LogP contribution >= 0.6 is 0 Å². The molecule has 0 spiro atoms. The molecule has 0 bridgehead atoms. The molecule has 1 aliphatic rings. The van der Waals surface area contributed by atoms with Crippen LogP contribution in [0.2, 0.25) is 0 Å². The maximum Gasteiger partial charge on any atom is 0.251 e. The van der Waals surface area contributed by atoms with Crippen molar-refractivity contribution < 1.29 is 13.2 Å². The van der Waals surface area contributed by atoms with Gasteiger partial charge in [0.1, 0.15) is 0 Å². The number of carbonyl (C=O) groups is 1. The number of hydrogen-bond donors (Lipinski definition) is 1. The third kappa shape index (κ3) is 4.95. The van der Waals surface area contributed by atoms with Crippen molar-refractivity contribution in [2.45, 2.75) is 50.1 Å². The van der Waals surface area contributed by atoms with E-state index in [-0.39, 0.29) is 16.8 Å². The van der Waals surface area contributed by atoms with Gasteiger partial charge in [-0.15, -0.1) is 0 Å². The van der Waals surface area contributed by atoms with Crippen LogP contribution in [-0.2, 0) is 16.6 Å². The molecule has 1 amide bonds. The van der Waals surface area contributed by atoms with Gasteiger partial charge in [-0.3, -0.25) is 9.48 Å². The van der Waals surface area contributed by atoms with E-state index in [1.165, 1.54) is 10.4 Å². The molecule has 7 nitrogen and oxygen atoms in total. The lowest BCUT2D eigenvalue weighted by Gasteiger charge is -2.20. The standard InChI is InChI=1S/C19H26N4O3S/c1-16(15-22-11-7-10-20-22)21-19(24)17-8-6-9-18(14-17)27(25,26)23-12-4-2-3-5-13-23/h6-11,14,16H,2-5,12-13,15H2,1H3,(H,21,24)/t16-/m0/s1. The molecule has 1 fully saturated rings. The summed E-state index contributed by atoms with van der Waals surface area (Å²) in [5, 5.41) is 7.02. The molecule has 2 heterocycles. The molecule has 1 aromatic heterocycles. The van der Waals surface area contributed by atoms with Gasteiger partial charge in [0.2, 0.25) is 10.0 Å². The predicted octanol–water partition coefficient (Wildman–Crippen LogP) is 2.27. The minimum atomic E-state index is -3.57. The Kier molecular flexibility index (Phi) is 6.28. The first-order valence-corrected chi connectivity index (χ1v) is 10.8. The van der Waals surface area contributed by atoms with Gasteiger partial charge in [0, 0.05) is 37.1 Å². The smallest absolute Gasteiger partial charge is 0.251 e. The van der Waals surface area contributed by atoms with Crippen LogP contribution < -0.4 is 5.32 Å². The summed E-state index contributed by atoms with van der Waals surface area (Å²) in [6.45, 7) is 3.52. The lowest BCUT2D eigenvalue weighted by Crippen LogP contribution is -2.36. The van der Waals surface area contributed by atoms with E-state index >= 15 is 0 Å². The molecule has 1 N–H and O–H groups in total. The van der Waals surface area contributed by atoms with Crippen LogP contribution in [-0.4, -0.2) is 47.5 Å². The van der Waals surface area contributed by atoms with Gasteiger partial charge >= 0.3 is 0 Å². The molecule has 146 valence electrons. The Morgan fingerprint density at radius 3 is 2.59 bits per heavy atom. The van der Waals surface area contributed by atoms with E-state index in [2.05, 4.69) is 10.4 Å². The first kappa shape index (κ1) is 19.6. The molecular weight excluding hydrogens is 364 g/mol. The van der Waals surface area contributed by atoms with Crippen LogP contribution in [0.3, 0.4) is 0 Å². The number of sulfonamides is 1. The average Bonchev–Trinajstić information content (AvgIpc) is 3.00. The topological polar surface area (TPSA) is 84.3 Å². The first-order chi connectivity index (χ1) is 13.0. The second kappa shape index (κ2) is 8.67. The van der Waals surface area contributed by atoms with E-state index in [1.54, 1.807) is 29.1 Å². The lowest BCUT2D eigenvalue weighted by atomic mass is 10.2. The molecule has 0 aliphatic carbocycles. The Balaban J connectivity index is 1.71. The van der Waals surface area contributed by atoms with E-state index in [0.29, 0.717) is 25.2 Å². The number of nitrogens with zero attached hydrogens (tertiary/aromatic N) is 3. The van der Waals surface area contributed by atoms with E-state index < -0.39 is 10.0 Å². The Morgan fingerprint density at radius 2 is 1.93 bits per heavy atom. The van der Waals surface area contributed by atoms with Gasteiger partial charge in [-0.25, -0.2) is 8.42 Å². The maximum atomic E-state index is 12.9. The zero-order chi connectivity index (χ0) is 19.3. The fraction of sp³-hybridized carbons (Fsp3) is 0.474. The fourth-order valence-corrected chi connectivity index (χ4v) is 4.83. The van der Waals surface area contributed by atoms with Crippen LogP contribution in [0, 0.1) is 0 Å². The first-order valence-electron chi connectivity index (χ1n) is 9.35. The van der Waals surface area contributed by atoms with E-state index in [0.717, 1.165) is 25.7 Å². The van der Waals surface area contributed by atoms with Crippen molar-refractivity contribution >= 4 is 15.9 Å². The highest BCUT2D eigenvalue weighted by Crippen LogP contribution is 2.21. The van der Waals surface area contributed by atoms with Gasteiger partial charge in [0.15, 0.2) is 0 Å². The molecule has 8 heteroatoms. The molecular formula is C19H26N4O3S. The van der Waals surface area contributed by atoms with Crippen molar-refractivity contribution in [3.63, 3.8) is 0 Å². The molecule has 1 saturated heterocycles. The number of carbonyl (C=O) groups excluding carboxylic acids is 1. The predicted molar refractivity (Wildman–Crippen MR) is 103 cm³/mol. The highest BCUT2D eigenvalue weighted by atomic mass is 32.2. The molecule has 1 atom stereocenters. The van der Waals surface area contributed by atoms with Crippen molar-refractivity contribution in [1.82, 2.24) is 19.4 Å². The highest BCUT2D eigenvalue weighted by molar-refractivity contribution is 7.89. The van der Waals surface area contributed by atoms with E-state index in [4.69, 9.17) is 0 Å². The summed E-state index contributed by atoms with van der Waals surface area (Å²) >= 11 is 0. The SMILES string of the molecule is C[C@@H](Cn1cccn1)NC(=O)c1cccc(S(=O)(=O)N2CCCCCC2)c1. The summed E-state index contributed by atoms with van der Waals surface area (Å²) in [6.07, 6.45) is 7.39. The van der Waals surface area contributed by atoms with Gasteiger partial charge in [-0.05, 0) is 44.0 Å². The van der Waals surface area contributed by atoms with Crippen molar-refractivity contribution in [2.24, 2.45) is 0 Å². The molecule has 0 unspecified atom stereocenters. The minimum absolute atomic E-state index is 0.136. The Morgan fingerprint density at radius 1 is 1.19 bits per heavy atom. The molecule has 3 rings (SSSR count). The Labute approximate surface area is 160 Å². The van der Waals surface area contributed by atoms with Crippen molar-refractivity contribution in [1.29, 1.82) is 0 Å². The average molecular weight is 391 g/mol. The molecule has 27 heavy (non-hydrogen) atoms. The highest BCUT2D eigenvalue weighted by Gasteiger charge is 2.26. The van der Waals surface area contributed by atoms with Gasteiger partial charge in [-0.1, -0.05) is 18.9 Å². The summed E-state index contributed by atoms with van der Waals surface area (Å²) < 4.78 is 29.1. The van der Waals surface area contributed by atoms with E-state index in [1.807, 2.05) is 19.2 Å². The number of benzene rings is 1. The normalized spacial score (nSPS) is 17.2. The minimum Gasteiger partial charge on any atom is -0.348 e. The third-order valence-electron chi connectivity index (χ3n) is 4.70. The largest absolute Gasteiger partial charge is 0.348 e. The zero-order valence-electron chi connectivity index (χ0n) is 15.5. The van der Waals surface area contributed by atoms with Gasteiger partial charge < -0.3 is 5.32 Å². The van der Waals surface area contributed by atoms with Crippen molar-refractivity contribution in [2.75, 3.05) is 13.1 Å². The summed E-state index contributed by atoms with van der Waals surface area (Å²) in [5.74, 6) is -0.289. The zero-order valence-corrected chi connectivity index (χ0v) is 16.4. The van der Waals surface area contributed by atoms with Gasteiger partial charge in [0.25, 0.3) is 5.91 Å². The quantitative estimate of drug-likeness (QED) is 0.820. The Hall–Kier alpha value is -2.19. The second-order valence-electron chi connectivity index (χ2n) is 6.95. The van der Waals surface area contributed by atoms with Crippen molar-refractivity contribution in [3.8, 4) is 0 Å². The molecule has 2 aromatic rings. The van der Waals surface area contributed by atoms with Gasteiger partial charge in [-0.2, -0.15) is 9.40 Å². The summed E-state index contributed by atoms with van der Waals surface area (Å²) in [4.78, 5) is 12.7. The van der Waals surface area contributed by atoms with Crippen LogP contribution in [0.5, 0.6) is 0 Å². The number of hydrogen-bond acceptors (Lipinski definition) is 4. The molecule has 1 aromatic carbocycles. The van der Waals surface area contributed by atoms with Crippen LogP contribution in [0.1, 0.15) is 43.0 Å². The second-order valence-corrected chi connectivity index (χ2v) is 8.89. The van der Waals surface area contributed by atoms with E-state index in [9.17, 15) is 13.2 Å². The maximum absolute atomic E-state index is 12.9. The van der Waals surface area contributed by atoms with Gasteiger partial charge in [0.05, 0.1) is 11.4 Å². The summed E-state index contributed by atoms with van der Waals surface area (Å²) in [6, 6.07) is 7.98. The number of nitrogens with one attached hydrogen (secondary N) is 1. The molecule has 1 aliphatic heterocycles. The molecule has 0 radical (unpaired) electrons. The van der Waals surface area contributed by atoms with Crippen LogP contribution in [0.15, 0.2) is 47.6 Å². The molecule has 0 saturated carbocycles. The van der Waals surface area contributed by atoms with Crippen LogP contribution in [0.25, 0.3) is 0 Å². The van der Waals surface area contributed by atoms with Crippen molar-refractivity contribution in [3.05, 3.63) is 48.3 Å². The van der Waals surface area contributed by atoms with Crippen LogP contribution in [0.4, 0.5) is 0 Å². The Bertz CT molecular complexity index is 857.